The molecule has 4 aromatic rings. The van der Waals surface area contributed by atoms with Gasteiger partial charge < -0.3 is 57.5 Å². The van der Waals surface area contributed by atoms with Crippen LogP contribution < -0.4 is 38.2 Å². The molecule has 0 aromatic heterocycles. The fourth-order valence-corrected chi connectivity index (χ4v) is 15.5. The van der Waals surface area contributed by atoms with Crippen LogP contribution in [0, 0.1) is 13.8 Å². The fraction of sp³-hybridized carbons (Fsp3) is 0.474. The van der Waals surface area contributed by atoms with Crippen LogP contribution in [-0.2, 0) is 41.5 Å². The highest BCUT2D eigenvalue weighted by Crippen LogP contribution is 2.43. The molecule has 4 atom stereocenters. The number of fused-ring (bicyclic) bond motifs is 8. The van der Waals surface area contributed by atoms with Gasteiger partial charge in [0, 0.05) is 104 Å². The molecule has 0 aliphatic carbocycles. The number of benzene rings is 4. The Labute approximate surface area is 587 Å². The fourth-order valence-electron chi connectivity index (χ4n) is 14.0. The maximum Gasteiger partial charge on any atom is 0.257 e. The Morgan fingerprint density at radius 2 is 0.720 bits per heavy atom. The number of ketones is 2. The second-order valence-corrected chi connectivity index (χ2v) is 41.1. The lowest BCUT2D eigenvalue weighted by Crippen LogP contribution is -2.45. The lowest BCUT2D eigenvalue weighted by atomic mass is 9.97. The molecule has 12 rings (SSSR count). The number of rotatable bonds is 24. The number of ether oxygens (including phenoxy) is 8. The molecule has 4 aromatic carbocycles. The third-order valence-electron chi connectivity index (χ3n) is 19.5. The second-order valence-electron chi connectivity index (χ2n) is 29.8. The van der Waals surface area contributed by atoms with E-state index in [1.54, 1.807) is 65.8 Å². The summed E-state index contributed by atoms with van der Waals surface area (Å²) in [7, 11) is 0.292. The van der Waals surface area contributed by atoms with Crippen molar-refractivity contribution in [1.82, 2.24) is 19.6 Å². The maximum absolute atomic E-state index is 14.0. The number of nitrogens with zero attached hydrogens (tertiary/aromatic N) is 6. The van der Waals surface area contributed by atoms with E-state index in [-0.39, 0.29) is 86.5 Å². The minimum atomic E-state index is -1.37. The smallest absolute Gasteiger partial charge is 0.257 e. The first kappa shape index (κ1) is 72.4. The van der Waals surface area contributed by atoms with Gasteiger partial charge in [-0.3, -0.25) is 48.2 Å². The Morgan fingerprint density at radius 1 is 0.400 bits per heavy atom. The summed E-state index contributed by atoms with van der Waals surface area (Å²) in [6.45, 7) is 37.2. The Hall–Kier alpha value is -8.85. The Kier molecular flexibility index (Phi) is 21.6. The Morgan fingerprint density at radius 3 is 1.14 bits per heavy atom. The van der Waals surface area contributed by atoms with Crippen LogP contribution in [0.4, 0.5) is 11.4 Å². The molecule has 0 unspecified atom stereocenters. The van der Waals surface area contributed by atoms with Crippen molar-refractivity contribution in [2.75, 3.05) is 103 Å². The molecule has 4 saturated heterocycles. The molecule has 0 saturated carbocycles. The van der Waals surface area contributed by atoms with Crippen molar-refractivity contribution in [2.45, 2.75) is 141 Å². The molecule has 6 amide bonds. The summed E-state index contributed by atoms with van der Waals surface area (Å²) >= 11 is 0. The summed E-state index contributed by atoms with van der Waals surface area (Å²) in [5, 5.41) is 0. The van der Waals surface area contributed by atoms with Gasteiger partial charge >= 0.3 is 0 Å². The van der Waals surface area contributed by atoms with E-state index in [9.17, 15) is 38.4 Å². The summed E-state index contributed by atoms with van der Waals surface area (Å²) in [4.78, 5) is 118. The standard InChI is InChI=1S/C43H60N4O9Si2.C33H34N2O7/c1-28-18-35-42(50)46(26-53-14-16-57(5,6)7)33-22-37(30(3)20-31(33)40(48)44(35)24-28)55-12-11-13-56-39-23-34-32(21-38(39)52-4)41(49)45-25-29(2)19-36(45)43(51)47(34)27-54-15-17-58(8,9)10;1-18-8-25-27(36)11-21-13-29(20(3)10-23(21)32(38)34(25)16-18)41-6-5-7-42-31-14-22-12-28(37)26-9-19(2)17-35(26)33(39)24(22)15-30(31)40-4/h20-23,35-36H,1-2,11-19,24-27H2,3-10H3;10,13-15,25-26H,1-2,5-9,11-12,16-17H2,3-4H3/t35-,36-;25-,26-/m00/s1. The van der Waals surface area contributed by atoms with Crippen molar-refractivity contribution in [3.63, 3.8) is 0 Å². The summed E-state index contributed by atoms with van der Waals surface area (Å²) in [6.07, 6.45) is 3.20. The van der Waals surface area contributed by atoms with Gasteiger partial charge in [0.1, 0.15) is 37.0 Å². The van der Waals surface area contributed by atoms with Crippen LogP contribution in [0.15, 0.2) is 97.1 Å². The zero-order chi connectivity index (χ0) is 71.8. The zero-order valence-electron chi connectivity index (χ0n) is 59.5. The van der Waals surface area contributed by atoms with E-state index in [1.165, 1.54) is 14.2 Å². The van der Waals surface area contributed by atoms with Gasteiger partial charge in [-0.05, 0) is 110 Å². The van der Waals surface area contributed by atoms with Crippen LogP contribution in [0.25, 0.3) is 0 Å². The number of anilines is 2. The van der Waals surface area contributed by atoms with Crippen LogP contribution >= 0.6 is 0 Å². The van der Waals surface area contributed by atoms with E-state index in [0.717, 1.165) is 45.5 Å². The number of hydrogen-bond acceptors (Lipinski definition) is 16. The van der Waals surface area contributed by atoms with Crippen LogP contribution in [0.2, 0.25) is 51.4 Å². The third-order valence-corrected chi connectivity index (χ3v) is 22.9. The quantitative estimate of drug-likeness (QED) is 0.0361. The highest BCUT2D eigenvalue weighted by Gasteiger charge is 2.47. The molecule has 4 fully saturated rings. The minimum Gasteiger partial charge on any atom is -0.493 e. The first-order chi connectivity index (χ1) is 47.5. The van der Waals surface area contributed by atoms with Gasteiger partial charge in [0.25, 0.3) is 35.4 Å². The number of methoxy groups -OCH3 is 2. The molecule has 22 nitrogen and oxygen atoms in total. The SMILES string of the molecule is C=C1C[C@H]2C(=O)Cc3cc(OCCCOc4cc5c(cc4OC)C(=O)N4CC(=C)C[C@H]4C(=O)C5)c(C)cc3C(=O)N2C1.C=C1C[C@H]2C(=O)N(COCC[Si](C)(C)C)c3cc(OCCCOc4cc5c(cc4OC)C(=O)N4CC(=C)C[C@H]4C(=O)N5COCC[Si](C)(C)C)c(C)cc3C(=O)N2C1. The second kappa shape index (κ2) is 29.8. The molecule has 0 N–H and O–H groups in total. The van der Waals surface area contributed by atoms with Crippen molar-refractivity contribution >= 4 is 74.5 Å². The first-order valence-electron chi connectivity index (χ1n) is 34.5. The van der Waals surface area contributed by atoms with Crippen LogP contribution in [0.3, 0.4) is 0 Å². The summed E-state index contributed by atoms with van der Waals surface area (Å²) in [5.41, 5.74) is 9.02. The Bertz CT molecular complexity index is 4040. The van der Waals surface area contributed by atoms with Crippen LogP contribution in [0.5, 0.6) is 34.5 Å². The molecule has 100 heavy (non-hydrogen) atoms. The lowest BCUT2D eigenvalue weighted by Gasteiger charge is -2.26. The van der Waals surface area contributed by atoms with Crippen molar-refractivity contribution in [1.29, 1.82) is 0 Å². The van der Waals surface area contributed by atoms with Gasteiger partial charge in [-0.25, -0.2) is 0 Å². The molecular formula is C76H94N6O16Si2. The van der Waals surface area contributed by atoms with E-state index in [1.807, 2.05) is 26.0 Å². The van der Waals surface area contributed by atoms with E-state index in [0.29, 0.717) is 170 Å². The van der Waals surface area contributed by atoms with Crippen molar-refractivity contribution in [3.8, 4) is 34.5 Å². The predicted molar refractivity (Wildman–Crippen MR) is 384 cm³/mol. The maximum atomic E-state index is 14.0. The number of carbonyl (C=O) groups excluding carboxylic acids is 8. The average molecular weight is 1400 g/mol. The van der Waals surface area contributed by atoms with Gasteiger partial charge in [0.05, 0.1) is 75.2 Å². The van der Waals surface area contributed by atoms with Crippen molar-refractivity contribution in [2.24, 2.45) is 0 Å². The lowest BCUT2D eigenvalue weighted by molar-refractivity contribution is -0.123. The van der Waals surface area contributed by atoms with Crippen molar-refractivity contribution in [3.05, 3.63) is 142 Å². The molecule has 0 radical (unpaired) electrons. The summed E-state index contributed by atoms with van der Waals surface area (Å²) in [6, 6.07) is 13.6. The minimum absolute atomic E-state index is 0.00404. The summed E-state index contributed by atoms with van der Waals surface area (Å²) in [5.74, 6) is 1.62. The molecular weight excluding hydrogens is 1310 g/mol. The van der Waals surface area contributed by atoms with Gasteiger partial charge in [0.2, 0.25) is 0 Å². The predicted octanol–water partition coefficient (Wildman–Crippen LogP) is 10.4. The molecule has 532 valence electrons. The molecule has 8 heterocycles. The average Bonchev–Trinajstić information content (AvgIpc) is 1.61. The van der Waals surface area contributed by atoms with Crippen molar-refractivity contribution < 1.29 is 76.3 Å². The largest absolute Gasteiger partial charge is 0.493 e. The monoisotopic (exact) mass is 1400 g/mol. The number of aryl methyl sites for hydroxylation is 2. The molecule has 0 spiro atoms. The normalized spacial score (nSPS) is 20.4. The van der Waals surface area contributed by atoms with Gasteiger partial charge in [-0.15, -0.1) is 0 Å². The number of hydrogen-bond donors (Lipinski definition) is 0. The first-order valence-corrected chi connectivity index (χ1v) is 41.9. The molecule has 8 aliphatic rings. The van der Waals surface area contributed by atoms with E-state index in [2.05, 4.69) is 65.6 Å². The summed E-state index contributed by atoms with van der Waals surface area (Å²) < 4.78 is 47.9. The number of Topliss-reactive ketones (excluding diaryl/α,β-unsaturated/α-hetero) is 2. The van der Waals surface area contributed by atoms with Crippen LogP contribution in [-0.4, -0.2) is 200 Å². The number of amides is 6. The van der Waals surface area contributed by atoms with Crippen LogP contribution in [0.1, 0.15) is 102 Å². The highest BCUT2D eigenvalue weighted by atomic mass is 28.3. The van der Waals surface area contributed by atoms with E-state index >= 15 is 0 Å². The number of carbonyl (C=O) groups is 8. The molecule has 0 bridgehead atoms. The van der Waals surface area contributed by atoms with Gasteiger partial charge in [-0.2, -0.15) is 0 Å². The Balaban J connectivity index is 0.000000212. The van der Waals surface area contributed by atoms with E-state index in [4.69, 9.17) is 37.9 Å². The zero-order valence-corrected chi connectivity index (χ0v) is 61.5. The highest BCUT2D eigenvalue weighted by molar-refractivity contribution is 6.76. The topological polar surface area (TPSA) is 230 Å². The van der Waals surface area contributed by atoms with E-state index < -0.39 is 40.3 Å². The van der Waals surface area contributed by atoms with Gasteiger partial charge in [-0.1, -0.05) is 87.9 Å². The third kappa shape index (κ3) is 15.5. The molecule has 8 aliphatic heterocycles. The van der Waals surface area contributed by atoms with Gasteiger partial charge in [0.15, 0.2) is 34.6 Å². The molecule has 24 heteroatoms.